The average Bonchev–Trinajstić information content (AvgIpc) is 2.45. The molecule has 4 nitrogen and oxygen atoms in total. The van der Waals surface area contributed by atoms with Crippen LogP contribution in [0.3, 0.4) is 0 Å². The molecule has 0 amide bonds. The second kappa shape index (κ2) is 6.09. The molecule has 20 heavy (non-hydrogen) atoms. The minimum absolute atomic E-state index is 0.149. The van der Waals surface area contributed by atoms with Crippen molar-refractivity contribution >= 4 is 17.6 Å². The zero-order chi connectivity index (χ0) is 14.5. The Morgan fingerprint density at radius 3 is 2.55 bits per heavy atom. The van der Waals surface area contributed by atoms with Crippen LogP contribution >= 0.6 is 11.6 Å². The minimum atomic E-state index is -1.19. The quantitative estimate of drug-likeness (QED) is 0.935. The van der Waals surface area contributed by atoms with E-state index in [1.165, 1.54) is 12.1 Å². The van der Waals surface area contributed by atoms with Gasteiger partial charge in [-0.25, -0.2) is 4.79 Å². The minimum Gasteiger partial charge on any atom is -0.478 e. The summed E-state index contributed by atoms with van der Waals surface area (Å²) >= 11 is 5.85. The fraction of sp³-hybridized carbons (Fsp3) is 0.0667. The van der Waals surface area contributed by atoms with Crippen LogP contribution in [0.25, 0.3) is 0 Å². The first-order valence-corrected chi connectivity index (χ1v) is 6.13. The van der Waals surface area contributed by atoms with E-state index in [1.54, 1.807) is 36.4 Å². The van der Waals surface area contributed by atoms with Crippen LogP contribution in [0.15, 0.2) is 48.5 Å². The number of benzene rings is 2. The van der Waals surface area contributed by atoms with Crippen LogP contribution in [-0.2, 0) is 4.79 Å². The topological polar surface area (TPSA) is 70.3 Å². The third-order valence-electron chi connectivity index (χ3n) is 2.64. The predicted molar refractivity (Wildman–Crippen MR) is 73.6 cm³/mol. The number of nitriles is 1. The van der Waals surface area contributed by atoms with Gasteiger partial charge >= 0.3 is 5.97 Å². The predicted octanol–water partition coefficient (Wildman–Crippen LogP) is 3.42. The molecule has 2 aromatic rings. The highest BCUT2D eigenvalue weighted by molar-refractivity contribution is 6.30. The molecule has 0 aliphatic carbocycles. The average molecular weight is 288 g/mol. The lowest BCUT2D eigenvalue weighted by Crippen LogP contribution is -2.18. The van der Waals surface area contributed by atoms with Crippen LogP contribution in [0.1, 0.15) is 17.2 Å². The van der Waals surface area contributed by atoms with E-state index < -0.39 is 12.1 Å². The fourth-order valence-corrected chi connectivity index (χ4v) is 1.86. The molecule has 0 bridgehead atoms. The second-order valence-electron chi connectivity index (χ2n) is 4.00. The highest BCUT2D eigenvalue weighted by Crippen LogP contribution is 2.28. The summed E-state index contributed by atoms with van der Waals surface area (Å²) < 4.78 is 5.46. The lowest BCUT2D eigenvalue weighted by Gasteiger charge is -2.16. The monoisotopic (exact) mass is 287 g/mol. The molecule has 0 fully saturated rings. The first-order chi connectivity index (χ1) is 9.61. The van der Waals surface area contributed by atoms with Gasteiger partial charge in [0.05, 0.1) is 5.56 Å². The van der Waals surface area contributed by atoms with Crippen LogP contribution in [0.5, 0.6) is 5.75 Å². The van der Waals surface area contributed by atoms with E-state index in [4.69, 9.17) is 21.6 Å². The van der Waals surface area contributed by atoms with Crippen LogP contribution < -0.4 is 4.74 Å². The number of hydrogen-bond acceptors (Lipinski definition) is 3. The first-order valence-electron chi connectivity index (χ1n) is 5.76. The zero-order valence-corrected chi connectivity index (χ0v) is 11.0. The lowest BCUT2D eigenvalue weighted by molar-refractivity contribution is -0.145. The third kappa shape index (κ3) is 3.08. The number of aliphatic carboxylic acids is 1. The summed E-state index contributed by atoms with van der Waals surface area (Å²) in [7, 11) is 0. The molecule has 0 heterocycles. The Balaban J connectivity index is 2.37. The van der Waals surface area contributed by atoms with Crippen molar-refractivity contribution < 1.29 is 14.6 Å². The molecule has 0 aliphatic heterocycles. The van der Waals surface area contributed by atoms with Gasteiger partial charge in [0.2, 0.25) is 6.10 Å². The Bertz CT molecular complexity index is 665. The highest BCUT2D eigenvalue weighted by Gasteiger charge is 2.23. The van der Waals surface area contributed by atoms with Gasteiger partial charge in [-0.2, -0.15) is 5.26 Å². The smallest absolute Gasteiger partial charge is 0.349 e. The van der Waals surface area contributed by atoms with Crippen LogP contribution in [-0.4, -0.2) is 11.1 Å². The normalized spacial score (nSPS) is 11.4. The Morgan fingerprint density at radius 2 is 1.95 bits per heavy atom. The molecule has 0 aliphatic rings. The van der Waals surface area contributed by atoms with Gasteiger partial charge in [0.1, 0.15) is 11.8 Å². The van der Waals surface area contributed by atoms with E-state index in [1.807, 2.05) is 6.07 Å². The number of carboxylic acid groups (broad SMARTS) is 1. The standard InChI is InChI=1S/C15H10ClNO3/c16-12-7-6-11(9-17)13(8-12)20-14(15(18)19)10-4-2-1-3-5-10/h1-8,14H,(H,18,19). The molecule has 0 radical (unpaired) electrons. The molecule has 1 N–H and O–H groups in total. The van der Waals surface area contributed by atoms with E-state index in [9.17, 15) is 9.90 Å². The van der Waals surface area contributed by atoms with Crippen LogP contribution in [0, 0.1) is 11.3 Å². The largest absolute Gasteiger partial charge is 0.478 e. The molecule has 100 valence electrons. The molecule has 0 aromatic heterocycles. The Hall–Kier alpha value is -2.51. The van der Waals surface area contributed by atoms with Gasteiger partial charge < -0.3 is 9.84 Å². The number of ether oxygens (including phenoxy) is 1. The molecular formula is C15H10ClNO3. The lowest BCUT2D eigenvalue weighted by atomic mass is 10.1. The molecular weight excluding hydrogens is 278 g/mol. The van der Waals surface area contributed by atoms with Gasteiger partial charge in [0.15, 0.2) is 0 Å². The number of carbonyl (C=O) groups is 1. The van der Waals surface area contributed by atoms with Crippen molar-refractivity contribution in [1.29, 1.82) is 5.26 Å². The summed E-state index contributed by atoms with van der Waals surface area (Å²) in [6, 6.07) is 14.9. The van der Waals surface area contributed by atoms with Crippen molar-refractivity contribution in [3.8, 4) is 11.8 Å². The summed E-state index contributed by atoms with van der Waals surface area (Å²) in [6.45, 7) is 0. The van der Waals surface area contributed by atoms with Crippen molar-refractivity contribution in [2.24, 2.45) is 0 Å². The van der Waals surface area contributed by atoms with Gasteiger partial charge in [-0.05, 0) is 12.1 Å². The number of nitrogens with zero attached hydrogens (tertiary/aromatic N) is 1. The maximum absolute atomic E-state index is 11.3. The number of hydrogen-bond donors (Lipinski definition) is 1. The first kappa shape index (κ1) is 13.9. The number of carboxylic acids is 1. The zero-order valence-electron chi connectivity index (χ0n) is 10.3. The fourth-order valence-electron chi connectivity index (χ4n) is 1.70. The Morgan fingerprint density at radius 1 is 1.25 bits per heavy atom. The van der Waals surface area contributed by atoms with Gasteiger partial charge in [-0.15, -0.1) is 0 Å². The summed E-state index contributed by atoms with van der Waals surface area (Å²) in [5, 5.41) is 18.7. The summed E-state index contributed by atoms with van der Waals surface area (Å²) in [5.41, 5.74) is 0.723. The SMILES string of the molecule is N#Cc1ccc(Cl)cc1OC(C(=O)O)c1ccccc1. The van der Waals surface area contributed by atoms with Crippen molar-refractivity contribution in [3.05, 3.63) is 64.7 Å². The second-order valence-corrected chi connectivity index (χ2v) is 4.44. The molecule has 5 heteroatoms. The van der Waals surface area contributed by atoms with E-state index >= 15 is 0 Å². The molecule has 0 spiro atoms. The van der Waals surface area contributed by atoms with E-state index in [0.717, 1.165) is 0 Å². The Kier molecular flexibility index (Phi) is 4.24. The van der Waals surface area contributed by atoms with Crippen LogP contribution in [0.2, 0.25) is 5.02 Å². The van der Waals surface area contributed by atoms with E-state index in [2.05, 4.69) is 0 Å². The molecule has 0 saturated heterocycles. The van der Waals surface area contributed by atoms with Crippen molar-refractivity contribution in [3.63, 3.8) is 0 Å². The molecule has 1 atom stereocenters. The van der Waals surface area contributed by atoms with Gasteiger partial charge in [-0.1, -0.05) is 41.9 Å². The van der Waals surface area contributed by atoms with Crippen molar-refractivity contribution in [1.82, 2.24) is 0 Å². The van der Waals surface area contributed by atoms with Gasteiger partial charge in [0, 0.05) is 16.7 Å². The molecule has 0 saturated carbocycles. The van der Waals surface area contributed by atoms with Crippen molar-refractivity contribution in [2.75, 3.05) is 0 Å². The summed E-state index contributed by atoms with van der Waals surface area (Å²) in [5.74, 6) is -0.990. The Labute approximate surface area is 120 Å². The molecule has 1 unspecified atom stereocenters. The van der Waals surface area contributed by atoms with Gasteiger partial charge in [0.25, 0.3) is 0 Å². The molecule has 2 aromatic carbocycles. The maximum Gasteiger partial charge on any atom is 0.349 e. The van der Waals surface area contributed by atoms with E-state index in [0.29, 0.717) is 10.6 Å². The highest BCUT2D eigenvalue weighted by atomic mass is 35.5. The summed E-state index contributed by atoms with van der Waals surface area (Å²) in [6.07, 6.45) is -1.19. The third-order valence-corrected chi connectivity index (χ3v) is 2.87. The maximum atomic E-state index is 11.3. The number of halogens is 1. The number of rotatable bonds is 4. The van der Waals surface area contributed by atoms with E-state index in [-0.39, 0.29) is 11.3 Å². The summed E-state index contributed by atoms with van der Waals surface area (Å²) in [4.78, 5) is 11.3. The van der Waals surface area contributed by atoms with Gasteiger partial charge in [-0.3, -0.25) is 0 Å². The van der Waals surface area contributed by atoms with Crippen LogP contribution in [0.4, 0.5) is 0 Å². The molecule has 2 rings (SSSR count). The van der Waals surface area contributed by atoms with Crippen molar-refractivity contribution in [2.45, 2.75) is 6.10 Å².